The molecular weight excluding hydrogens is 352 g/mol. The monoisotopic (exact) mass is 386 g/mol. The number of carbonyl (C=O) groups excluding carboxylic acids is 2. The van der Waals surface area contributed by atoms with Gasteiger partial charge in [-0.25, -0.2) is 0 Å². The molecule has 3 rings (SSSR count). The summed E-state index contributed by atoms with van der Waals surface area (Å²) in [4.78, 5) is 25.6. The Kier molecular flexibility index (Phi) is 7.24. The van der Waals surface area contributed by atoms with E-state index in [0.29, 0.717) is 31.0 Å². The minimum Gasteiger partial charge on any atom is -0.465 e. The van der Waals surface area contributed by atoms with Crippen molar-refractivity contribution < 1.29 is 14.3 Å². The molecule has 0 spiro atoms. The van der Waals surface area contributed by atoms with Crippen LogP contribution in [0.4, 0.5) is 0 Å². The van der Waals surface area contributed by atoms with Crippen molar-refractivity contribution in [2.45, 2.75) is 77.0 Å². The van der Waals surface area contributed by atoms with E-state index in [0.717, 1.165) is 19.3 Å². The molecule has 2 fully saturated rings. The fourth-order valence-corrected chi connectivity index (χ4v) is 4.94. The number of aryl methyl sites for hydroxylation is 1. The fourth-order valence-electron chi connectivity index (χ4n) is 4.94. The van der Waals surface area contributed by atoms with Crippen LogP contribution in [-0.2, 0) is 20.7 Å². The largest absolute Gasteiger partial charge is 0.465 e. The molecule has 1 heterocycles. The molecular formula is C23H34N2O3. The molecule has 1 saturated carbocycles. The van der Waals surface area contributed by atoms with E-state index in [1.165, 1.54) is 12.0 Å². The molecule has 1 aromatic carbocycles. The van der Waals surface area contributed by atoms with Crippen LogP contribution in [0.5, 0.6) is 0 Å². The summed E-state index contributed by atoms with van der Waals surface area (Å²) in [5, 5.41) is 6.89. The van der Waals surface area contributed by atoms with Gasteiger partial charge in [0.05, 0.1) is 12.6 Å². The lowest BCUT2D eigenvalue weighted by molar-refractivity contribution is -0.146. The molecule has 2 N–H and O–H groups in total. The summed E-state index contributed by atoms with van der Waals surface area (Å²) in [6.07, 6.45) is 4.63. The zero-order valence-electron chi connectivity index (χ0n) is 17.3. The molecule has 0 bridgehead atoms. The third-order valence-corrected chi connectivity index (χ3v) is 6.30. The summed E-state index contributed by atoms with van der Waals surface area (Å²) in [5.74, 6) is 0.627. The predicted molar refractivity (Wildman–Crippen MR) is 110 cm³/mol. The third kappa shape index (κ3) is 5.00. The van der Waals surface area contributed by atoms with Crippen molar-refractivity contribution in [3.05, 3.63) is 35.9 Å². The third-order valence-electron chi connectivity index (χ3n) is 6.30. The van der Waals surface area contributed by atoms with Gasteiger partial charge < -0.3 is 10.1 Å². The topological polar surface area (TPSA) is 67.4 Å². The maximum atomic E-state index is 13.1. The molecule has 5 heteroatoms. The molecule has 0 aromatic heterocycles. The van der Waals surface area contributed by atoms with Crippen LogP contribution in [0, 0.1) is 11.8 Å². The van der Waals surface area contributed by atoms with Crippen molar-refractivity contribution in [2.75, 3.05) is 6.61 Å². The maximum Gasteiger partial charge on any atom is 0.323 e. The Bertz CT molecular complexity index is 663. The van der Waals surface area contributed by atoms with Gasteiger partial charge in [0, 0.05) is 18.0 Å². The average molecular weight is 387 g/mol. The Morgan fingerprint density at radius 3 is 2.71 bits per heavy atom. The number of benzene rings is 1. The van der Waals surface area contributed by atoms with Gasteiger partial charge in [0.2, 0.25) is 0 Å². The Balaban J connectivity index is 1.60. The number of hydrogen-bond acceptors (Lipinski definition) is 5. The highest BCUT2D eigenvalue weighted by molar-refractivity contribution is 5.88. The minimum absolute atomic E-state index is 0.0504. The van der Waals surface area contributed by atoms with Crippen molar-refractivity contribution in [2.24, 2.45) is 11.8 Å². The van der Waals surface area contributed by atoms with Gasteiger partial charge in [-0.05, 0) is 64.4 Å². The number of rotatable bonds is 9. The van der Waals surface area contributed by atoms with Gasteiger partial charge in [-0.15, -0.1) is 0 Å². The standard InChI is InChI=1S/C23H34N2O3/c1-4-28-23(27)20(13-10-17-8-6-5-7-9-17)25-16(3)22(26)19-12-11-18-14-15(2)24-21(18)19/h5-9,15-16,18-21,24-25H,4,10-14H2,1-3H3/t15-,16-,18-,19?,20-,21+/m0/s1. The maximum absolute atomic E-state index is 13.1. The summed E-state index contributed by atoms with van der Waals surface area (Å²) >= 11 is 0. The van der Waals surface area contributed by atoms with Crippen LogP contribution in [0.3, 0.4) is 0 Å². The molecule has 2 aliphatic rings. The first kappa shape index (κ1) is 21.0. The molecule has 0 radical (unpaired) electrons. The van der Waals surface area contributed by atoms with Crippen molar-refractivity contribution in [3.63, 3.8) is 0 Å². The zero-order valence-corrected chi connectivity index (χ0v) is 17.3. The molecule has 1 unspecified atom stereocenters. The van der Waals surface area contributed by atoms with Crippen LogP contribution in [0.2, 0.25) is 0 Å². The number of carbonyl (C=O) groups is 2. The number of nitrogens with one attached hydrogen (secondary N) is 2. The van der Waals surface area contributed by atoms with Crippen molar-refractivity contribution in [3.8, 4) is 0 Å². The van der Waals surface area contributed by atoms with Crippen molar-refractivity contribution in [1.29, 1.82) is 0 Å². The number of ketones is 1. The molecule has 6 atom stereocenters. The Morgan fingerprint density at radius 1 is 1.25 bits per heavy atom. The fraction of sp³-hybridized carbons (Fsp3) is 0.652. The van der Waals surface area contributed by atoms with Gasteiger partial charge in [-0.2, -0.15) is 0 Å². The summed E-state index contributed by atoms with van der Waals surface area (Å²) in [6.45, 7) is 6.25. The van der Waals surface area contributed by atoms with Gasteiger partial charge >= 0.3 is 5.97 Å². The van der Waals surface area contributed by atoms with Crippen molar-refractivity contribution in [1.82, 2.24) is 10.6 Å². The lowest BCUT2D eigenvalue weighted by atomic mass is 9.91. The van der Waals surface area contributed by atoms with Gasteiger partial charge in [-0.1, -0.05) is 30.3 Å². The second-order valence-corrected chi connectivity index (χ2v) is 8.39. The molecule has 0 amide bonds. The molecule has 1 aromatic rings. The normalized spacial score (nSPS) is 28.5. The van der Waals surface area contributed by atoms with E-state index in [2.05, 4.69) is 29.7 Å². The van der Waals surface area contributed by atoms with Gasteiger partial charge in [0.1, 0.15) is 6.04 Å². The van der Waals surface area contributed by atoms with E-state index in [-0.39, 0.29) is 23.7 Å². The second kappa shape index (κ2) is 9.66. The average Bonchev–Trinajstić information content (AvgIpc) is 3.24. The first-order valence-corrected chi connectivity index (χ1v) is 10.8. The van der Waals surface area contributed by atoms with Crippen LogP contribution < -0.4 is 10.6 Å². The lowest BCUT2D eigenvalue weighted by Gasteiger charge is -2.26. The van der Waals surface area contributed by atoms with E-state index >= 15 is 0 Å². The summed E-state index contributed by atoms with van der Waals surface area (Å²) in [6, 6.07) is 10.1. The lowest BCUT2D eigenvalue weighted by Crippen LogP contribution is -2.50. The Morgan fingerprint density at radius 2 is 2.00 bits per heavy atom. The Hall–Kier alpha value is -1.72. The summed E-state index contributed by atoms with van der Waals surface area (Å²) in [5.41, 5.74) is 1.18. The smallest absolute Gasteiger partial charge is 0.323 e. The van der Waals surface area contributed by atoms with E-state index in [1.54, 1.807) is 0 Å². The molecule has 1 saturated heterocycles. The highest BCUT2D eigenvalue weighted by atomic mass is 16.5. The summed E-state index contributed by atoms with van der Waals surface area (Å²) < 4.78 is 5.26. The first-order chi connectivity index (χ1) is 13.5. The zero-order chi connectivity index (χ0) is 20.1. The van der Waals surface area contributed by atoms with Crippen molar-refractivity contribution >= 4 is 11.8 Å². The van der Waals surface area contributed by atoms with Crippen LogP contribution in [0.15, 0.2) is 30.3 Å². The molecule has 28 heavy (non-hydrogen) atoms. The van der Waals surface area contributed by atoms with Crippen LogP contribution >= 0.6 is 0 Å². The predicted octanol–water partition coefficient (Wildman–Crippen LogP) is 2.87. The number of Topliss-reactive ketones (excluding diaryl/α,β-unsaturated/α-hetero) is 1. The Labute approximate surface area is 168 Å². The molecule has 1 aliphatic heterocycles. The van der Waals surface area contributed by atoms with Gasteiger partial charge in [0.15, 0.2) is 5.78 Å². The highest BCUT2D eigenvalue weighted by Crippen LogP contribution is 2.39. The molecule has 1 aliphatic carbocycles. The first-order valence-electron chi connectivity index (χ1n) is 10.8. The van der Waals surface area contributed by atoms with E-state index in [1.807, 2.05) is 32.0 Å². The van der Waals surface area contributed by atoms with E-state index in [4.69, 9.17) is 4.74 Å². The van der Waals surface area contributed by atoms with Gasteiger partial charge in [-0.3, -0.25) is 14.9 Å². The van der Waals surface area contributed by atoms with Crippen LogP contribution in [-0.4, -0.2) is 42.5 Å². The number of fused-ring (bicyclic) bond motifs is 1. The van der Waals surface area contributed by atoms with Crippen LogP contribution in [0.1, 0.15) is 52.0 Å². The summed E-state index contributed by atoms with van der Waals surface area (Å²) in [7, 11) is 0. The second-order valence-electron chi connectivity index (χ2n) is 8.39. The number of ether oxygens (including phenoxy) is 1. The van der Waals surface area contributed by atoms with E-state index < -0.39 is 6.04 Å². The highest BCUT2D eigenvalue weighted by Gasteiger charge is 2.45. The number of esters is 1. The minimum atomic E-state index is -0.466. The SMILES string of the molecule is CCOC(=O)[C@H](CCc1ccccc1)N[C@@H](C)C(=O)C1CC[C@H]2C[C@H](C)N[C@@H]12. The quantitative estimate of drug-likeness (QED) is 0.639. The van der Waals surface area contributed by atoms with E-state index in [9.17, 15) is 9.59 Å². The number of hydrogen-bond donors (Lipinski definition) is 2. The van der Waals surface area contributed by atoms with Crippen LogP contribution in [0.25, 0.3) is 0 Å². The molecule has 154 valence electrons. The van der Waals surface area contributed by atoms with Gasteiger partial charge in [0.25, 0.3) is 0 Å². The molecule has 5 nitrogen and oxygen atoms in total.